The Balaban J connectivity index is 0.711. The number of aromatic nitrogens is 2. The minimum Gasteiger partial charge on any atom is -0.390 e. The van der Waals surface area contributed by atoms with Crippen molar-refractivity contribution in [3.8, 4) is 22.3 Å². The van der Waals surface area contributed by atoms with E-state index in [2.05, 4.69) is 48.4 Å². The van der Waals surface area contributed by atoms with Gasteiger partial charge in [0, 0.05) is 72.7 Å². The fourth-order valence-corrected chi connectivity index (χ4v) is 14.6. The van der Waals surface area contributed by atoms with Gasteiger partial charge in [0.2, 0.25) is 41.4 Å². The first kappa shape index (κ1) is 72.5. The van der Waals surface area contributed by atoms with Crippen LogP contribution in [-0.4, -0.2) is 180 Å². The largest absolute Gasteiger partial charge is 0.399 e. The number of hydrogen-bond donors (Lipinski definition) is 10. The number of piperidine rings is 1. The number of benzene rings is 4. The van der Waals surface area contributed by atoms with E-state index in [1.54, 1.807) is 83.4 Å². The number of alkyl halides is 2. The number of carbonyl (C=O) groups excluding carboxylic acids is 9. The number of nitrogens with one attached hydrogen (secondary N) is 6. The molecule has 25 nitrogen and oxygen atoms in total. The number of carbonyl (C=O) groups is 9. The van der Waals surface area contributed by atoms with E-state index < -0.39 is 115 Å². The van der Waals surface area contributed by atoms with Gasteiger partial charge in [-0.2, -0.15) is 8.78 Å². The number of unbranched alkanes of at least 4 members (excludes halogenated alkanes) is 2. The molecule has 4 saturated heterocycles. The second kappa shape index (κ2) is 31.7. The van der Waals surface area contributed by atoms with Crippen LogP contribution in [0, 0.1) is 18.8 Å². The van der Waals surface area contributed by atoms with Crippen LogP contribution in [0.15, 0.2) is 109 Å². The molecule has 4 aromatic carbocycles. The molecule has 4 aliphatic heterocycles. The molecule has 6 aromatic rings. The van der Waals surface area contributed by atoms with Gasteiger partial charge < -0.3 is 71.8 Å². The van der Waals surface area contributed by atoms with Gasteiger partial charge in [0.15, 0.2) is 0 Å². The summed E-state index contributed by atoms with van der Waals surface area (Å²) < 4.78 is 40.7. The number of aromatic amines is 1. The highest BCUT2D eigenvalue weighted by Crippen LogP contribution is 2.59. The van der Waals surface area contributed by atoms with Gasteiger partial charge in [0.25, 0.3) is 11.8 Å². The minimum atomic E-state index is -5.89. The number of thiazole rings is 1. The van der Waals surface area contributed by atoms with Gasteiger partial charge in [0.1, 0.15) is 41.9 Å². The summed E-state index contributed by atoms with van der Waals surface area (Å²) in [5.41, 5.74) is 6.14. The van der Waals surface area contributed by atoms with Crippen LogP contribution in [0.5, 0.6) is 0 Å². The summed E-state index contributed by atoms with van der Waals surface area (Å²) in [6.07, 6.45) is 2.89. The second-order valence-corrected chi connectivity index (χ2v) is 28.2. The molecule has 10 rings (SSSR count). The molecule has 11 N–H and O–H groups in total. The summed E-state index contributed by atoms with van der Waals surface area (Å²) in [6.45, 7) is 4.97. The SMILES string of the molecule is Cc1ncsc1-c1ccc([C@H](C)NC(=O)[C@@H]2[C@@H](O)CCN2C(=O)[C@@H]2CCCCN2C(=O)c2ccc(C#CCCCCNC(=O)[C@@H](NC(=O)[C@H](CCC(N)=O)NC(=O)[C@@H]3CC[C@@H]4CCN(C)C[C@H](NC(=O)c5cc6cc(C(F)(F)P(=O)(O)O)ccc6[nH]5)C(=O)N43)c3ccccc3)cc2)cc1. The molecule has 9 atom stereocenters. The van der Waals surface area contributed by atoms with Gasteiger partial charge in [-0.25, -0.2) is 4.98 Å². The number of aryl methyl sites for hydroxylation is 1. The van der Waals surface area contributed by atoms with Crippen LogP contribution in [0.2, 0.25) is 0 Å². The smallest absolute Gasteiger partial charge is 0.390 e. The molecule has 0 saturated carbocycles. The van der Waals surface area contributed by atoms with Crippen molar-refractivity contribution in [1.82, 2.24) is 56.2 Å². The lowest BCUT2D eigenvalue weighted by Crippen LogP contribution is -2.61. The molecule has 0 spiro atoms. The van der Waals surface area contributed by atoms with Gasteiger partial charge in [-0.15, -0.1) is 11.3 Å². The predicted octanol–water partition coefficient (Wildman–Crippen LogP) is 5.40. The summed E-state index contributed by atoms with van der Waals surface area (Å²) in [7, 11) is -4.14. The van der Waals surface area contributed by atoms with E-state index in [-0.39, 0.29) is 73.7 Å². The van der Waals surface area contributed by atoms with Crippen molar-refractivity contribution in [2.24, 2.45) is 5.73 Å². The fraction of sp³-hybridized carbons (Fsp3) is 0.429. The molecular weight excluding hydrogens is 1320 g/mol. The van der Waals surface area contributed by atoms with Crippen molar-refractivity contribution in [2.45, 2.75) is 151 Å². The Kier molecular flexibility index (Phi) is 23.3. The number of aliphatic hydroxyl groups excluding tert-OH is 1. The number of nitrogens with zero attached hydrogens (tertiary/aromatic N) is 5. The molecule has 0 aliphatic carbocycles. The van der Waals surface area contributed by atoms with Gasteiger partial charge in [-0.1, -0.05) is 72.5 Å². The second-order valence-electron chi connectivity index (χ2n) is 25.6. The lowest BCUT2D eigenvalue weighted by molar-refractivity contribution is -0.145. The number of aliphatic hydroxyl groups is 1. The maximum atomic E-state index is 14.6. The molecule has 4 aliphatic rings. The van der Waals surface area contributed by atoms with Crippen molar-refractivity contribution in [3.63, 3.8) is 0 Å². The quantitative estimate of drug-likeness (QED) is 0.0218. The van der Waals surface area contributed by atoms with E-state index in [0.29, 0.717) is 81.1 Å². The number of likely N-dealkylation sites (N-methyl/N-ethyl adjacent to an activating group) is 1. The monoisotopic (exact) mass is 1400 g/mol. The number of halogens is 2. The average Bonchev–Trinajstić information content (AvgIpc) is 1.75. The van der Waals surface area contributed by atoms with Crippen LogP contribution >= 0.6 is 18.9 Å². The van der Waals surface area contributed by atoms with Crippen LogP contribution < -0.4 is 32.3 Å². The number of nitrogens with two attached hydrogens (primary N) is 1. The highest BCUT2D eigenvalue weighted by molar-refractivity contribution is 7.52. The Morgan fingerprint density at radius 1 is 0.818 bits per heavy atom. The standard InChI is InChI=1S/C70H81F2N12O13PS/c1-41(44-21-23-46(24-22-44)61-42(2)75-40-99-61)76-66(91)60-57(85)32-36-83(60)69(94)56-16-10-12-34-82(56)67(92)47-19-17-43(18-20-47)13-7-4-5-11-33-74-65(90)59(45-14-8-6-9-15-45)80-62(87)52(28-30-58(73)86)78-64(89)55-29-26-50-31-35-81(3)39-54(68(93)84(50)55)79-63(88)53-38-48-37-49(25-27-51(48)77-53)70(71,72)98(95,96)97/h6,8-9,14-15,17-25,27,37-38,40-41,50,52,54-57,59-60,77,85H,4-5,10-12,16,26,28-36,39H2,1-3H3,(H2,73,86)(H,74,90)(H,76,91)(H,78,89)(H,79,88)(H,80,87)(H2,95,96,97)/t41-,50+,52-,54-,55-,56-,57-,59-,60-/m0/s1. The first-order valence-corrected chi connectivity index (χ1v) is 35.6. The third kappa shape index (κ3) is 17.1. The summed E-state index contributed by atoms with van der Waals surface area (Å²) in [6, 6.07) is 19.1. The highest BCUT2D eigenvalue weighted by Gasteiger charge is 2.51. The number of rotatable bonds is 23. The average molecular weight is 1400 g/mol. The zero-order valence-electron chi connectivity index (χ0n) is 55.0. The van der Waals surface area contributed by atoms with Crippen LogP contribution in [0.25, 0.3) is 21.3 Å². The van der Waals surface area contributed by atoms with Crippen molar-refractivity contribution in [3.05, 3.63) is 148 Å². The normalized spacial score (nSPS) is 20.6. The Morgan fingerprint density at radius 2 is 1.57 bits per heavy atom. The number of amides is 9. The number of hydrogen-bond acceptors (Lipinski definition) is 14. The first-order valence-electron chi connectivity index (χ1n) is 33.1. The molecule has 524 valence electrons. The van der Waals surface area contributed by atoms with Gasteiger partial charge in [0.05, 0.1) is 28.2 Å². The Morgan fingerprint density at radius 3 is 2.27 bits per heavy atom. The van der Waals surface area contributed by atoms with Gasteiger partial charge in [-0.3, -0.25) is 47.7 Å². The number of H-pyrrole nitrogens is 1. The summed E-state index contributed by atoms with van der Waals surface area (Å²) >= 11 is 1.55. The van der Waals surface area contributed by atoms with E-state index in [0.717, 1.165) is 39.9 Å². The topological polar surface area (TPSA) is 359 Å². The van der Waals surface area contributed by atoms with Crippen molar-refractivity contribution >= 4 is 83.0 Å². The van der Waals surface area contributed by atoms with Crippen molar-refractivity contribution in [1.29, 1.82) is 0 Å². The maximum Gasteiger partial charge on any atom is 0.399 e. The van der Waals surface area contributed by atoms with E-state index in [1.807, 2.05) is 43.0 Å². The van der Waals surface area contributed by atoms with E-state index in [1.165, 1.54) is 15.9 Å². The van der Waals surface area contributed by atoms with E-state index in [9.17, 15) is 71.4 Å². The van der Waals surface area contributed by atoms with Crippen LogP contribution in [0.3, 0.4) is 0 Å². The molecule has 29 heteroatoms. The zero-order valence-corrected chi connectivity index (χ0v) is 56.7. The first-order chi connectivity index (χ1) is 47.3. The third-order valence-corrected chi connectivity index (χ3v) is 20.7. The summed E-state index contributed by atoms with van der Waals surface area (Å²) in [4.78, 5) is 159. The summed E-state index contributed by atoms with van der Waals surface area (Å²) in [5, 5.41) is 25.2. The fourth-order valence-electron chi connectivity index (χ4n) is 13.3. The van der Waals surface area contributed by atoms with Crippen molar-refractivity contribution in [2.75, 3.05) is 39.8 Å². The lowest BCUT2D eigenvalue weighted by atomic mass is 9.98. The van der Waals surface area contributed by atoms with Crippen molar-refractivity contribution < 1.29 is 71.4 Å². The molecule has 4 fully saturated rings. The molecule has 0 radical (unpaired) electrons. The van der Waals surface area contributed by atoms with Gasteiger partial charge in [-0.05, 0) is 151 Å². The van der Waals surface area contributed by atoms with Crippen LogP contribution in [0.4, 0.5) is 8.78 Å². The molecule has 0 bridgehead atoms. The van der Waals surface area contributed by atoms with Gasteiger partial charge >= 0.3 is 13.3 Å². The van der Waals surface area contributed by atoms with Crippen LogP contribution in [0.1, 0.15) is 145 Å². The summed E-state index contributed by atoms with van der Waals surface area (Å²) in [5.74, 6) is 0.759. The minimum absolute atomic E-state index is 0.00514. The number of likely N-dealkylation sites (tertiary alicyclic amines) is 2. The predicted molar refractivity (Wildman–Crippen MR) is 363 cm³/mol. The number of primary amides is 1. The Labute approximate surface area is 574 Å². The molecule has 6 heterocycles. The zero-order chi connectivity index (χ0) is 70.9. The van der Waals surface area contributed by atoms with Crippen LogP contribution in [-0.2, 0) is 43.8 Å². The maximum absolute atomic E-state index is 14.6. The Hall–Kier alpha value is -9.23. The number of fused-ring (bicyclic) bond motifs is 2. The molecule has 99 heavy (non-hydrogen) atoms. The molecular formula is C70H81F2N12O13PS. The molecule has 9 amide bonds. The third-order valence-electron chi connectivity index (χ3n) is 18.7. The molecule has 0 unspecified atom stereocenters. The lowest BCUT2D eigenvalue weighted by Gasteiger charge is -2.38. The molecule has 2 aromatic heterocycles. The highest BCUT2D eigenvalue weighted by atomic mass is 32.1. The van der Waals surface area contributed by atoms with E-state index >= 15 is 0 Å². The Bertz CT molecular complexity index is 4100. The van der Waals surface area contributed by atoms with E-state index in [4.69, 9.17) is 5.73 Å².